The third kappa shape index (κ3) is 6.96. The van der Waals surface area contributed by atoms with Crippen LogP contribution in [0.1, 0.15) is 11.1 Å². The summed E-state index contributed by atoms with van der Waals surface area (Å²) in [5, 5.41) is 8.75. The first-order chi connectivity index (χ1) is 18.7. The van der Waals surface area contributed by atoms with Gasteiger partial charge in [-0.15, -0.1) is 0 Å². The van der Waals surface area contributed by atoms with E-state index in [2.05, 4.69) is 5.32 Å². The lowest BCUT2D eigenvalue weighted by Gasteiger charge is -2.15. The number of fused-ring (bicyclic) bond motifs is 1. The Kier molecular flexibility index (Phi) is 8.90. The van der Waals surface area contributed by atoms with Crippen molar-refractivity contribution in [2.24, 2.45) is 5.14 Å². The molecule has 0 saturated heterocycles. The molecule has 4 rings (SSSR count). The molecule has 0 aliphatic rings. The number of carbonyl (C=O) groups is 1. The van der Waals surface area contributed by atoms with Crippen molar-refractivity contribution in [3.05, 3.63) is 88.2 Å². The quantitative estimate of drug-likeness (QED) is 0.208. The maximum absolute atomic E-state index is 13.5. The van der Waals surface area contributed by atoms with E-state index in [9.17, 15) is 18.0 Å². The Hall–Kier alpha value is -3.87. The number of methoxy groups -OCH3 is 2. The lowest BCUT2D eigenvalue weighted by atomic mass is 10.1. The number of ether oxygens (including phenoxy) is 2. The summed E-state index contributed by atoms with van der Waals surface area (Å²) in [7, 11) is -0.740. The molecule has 10 nitrogen and oxygen atoms in total. The number of benzene rings is 3. The van der Waals surface area contributed by atoms with Crippen LogP contribution in [0.4, 0.5) is 0 Å². The van der Waals surface area contributed by atoms with Crippen molar-refractivity contribution in [2.75, 3.05) is 26.5 Å². The molecule has 4 aromatic rings. The average Bonchev–Trinajstić information content (AvgIpc) is 2.93. The number of hydrogen-bond donors (Lipinski definition) is 2. The van der Waals surface area contributed by atoms with E-state index in [4.69, 9.17) is 19.6 Å². The van der Waals surface area contributed by atoms with Gasteiger partial charge in [0.05, 0.1) is 42.3 Å². The van der Waals surface area contributed by atoms with E-state index in [1.165, 1.54) is 26.4 Å². The summed E-state index contributed by atoms with van der Waals surface area (Å²) in [6.45, 7) is 0.641. The molecule has 0 spiro atoms. The van der Waals surface area contributed by atoms with Crippen molar-refractivity contribution in [3.63, 3.8) is 0 Å². The molecule has 0 bridgehead atoms. The molecule has 39 heavy (non-hydrogen) atoms. The summed E-state index contributed by atoms with van der Waals surface area (Å²) < 4.78 is 35.1. The van der Waals surface area contributed by atoms with E-state index in [0.29, 0.717) is 40.5 Å². The van der Waals surface area contributed by atoms with Crippen molar-refractivity contribution in [1.29, 1.82) is 0 Å². The predicted octanol–water partition coefficient (Wildman–Crippen LogP) is 2.56. The molecule has 0 atom stereocenters. The number of aromatic nitrogens is 2. The van der Waals surface area contributed by atoms with E-state index in [1.54, 1.807) is 28.8 Å². The molecule has 0 aliphatic carbocycles. The number of nitrogens with one attached hydrogen (secondary N) is 1. The van der Waals surface area contributed by atoms with E-state index < -0.39 is 10.0 Å². The summed E-state index contributed by atoms with van der Waals surface area (Å²) in [5.41, 5.74) is 1.96. The molecule has 1 heterocycles. The number of sulfonamides is 1. The van der Waals surface area contributed by atoms with E-state index in [0.717, 1.165) is 22.9 Å². The molecular formula is C27H28N4O6S2. The van der Waals surface area contributed by atoms with Crippen LogP contribution in [0.15, 0.2) is 81.6 Å². The Balaban J connectivity index is 1.50. The van der Waals surface area contributed by atoms with E-state index in [1.807, 2.05) is 30.3 Å². The number of nitrogens with two attached hydrogens (primary N) is 1. The number of amides is 1. The zero-order valence-electron chi connectivity index (χ0n) is 21.4. The second kappa shape index (κ2) is 12.3. The fourth-order valence-electron chi connectivity index (χ4n) is 3.92. The van der Waals surface area contributed by atoms with Gasteiger partial charge in [-0.1, -0.05) is 54.2 Å². The molecule has 3 aromatic carbocycles. The number of rotatable bonds is 11. The number of carbonyl (C=O) groups excluding carboxylic acids is 1. The Morgan fingerprint density at radius 2 is 1.67 bits per heavy atom. The molecule has 204 valence electrons. The summed E-state index contributed by atoms with van der Waals surface area (Å²) in [6, 6.07) is 19.0. The SMILES string of the molecule is COc1cc2nc(SCC(=O)NCCc3ccc(S(N)(=O)=O)cc3)n(Cc3ccccc3)c(=O)c2cc1OC. The Morgan fingerprint density at radius 3 is 2.31 bits per heavy atom. The van der Waals surface area contributed by atoms with Gasteiger partial charge in [-0.25, -0.2) is 18.5 Å². The second-order valence-corrected chi connectivity index (χ2v) is 11.1. The smallest absolute Gasteiger partial charge is 0.262 e. The van der Waals surface area contributed by atoms with Gasteiger partial charge >= 0.3 is 0 Å². The van der Waals surface area contributed by atoms with E-state index >= 15 is 0 Å². The van der Waals surface area contributed by atoms with E-state index in [-0.39, 0.29) is 28.7 Å². The maximum Gasteiger partial charge on any atom is 0.262 e. The molecule has 0 unspecified atom stereocenters. The molecule has 3 N–H and O–H groups in total. The highest BCUT2D eigenvalue weighted by molar-refractivity contribution is 7.99. The number of hydrogen-bond acceptors (Lipinski definition) is 8. The normalized spacial score (nSPS) is 11.4. The summed E-state index contributed by atoms with van der Waals surface area (Å²) in [4.78, 5) is 30.9. The van der Waals surface area contributed by atoms with Crippen LogP contribution >= 0.6 is 11.8 Å². The molecular weight excluding hydrogens is 540 g/mol. The van der Waals surface area contributed by atoms with Gasteiger partial charge in [0.2, 0.25) is 15.9 Å². The Bertz CT molecular complexity index is 1640. The Morgan fingerprint density at radius 1 is 1.00 bits per heavy atom. The van der Waals surface area contributed by atoms with Gasteiger partial charge in [0.25, 0.3) is 5.56 Å². The van der Waals surface area contributed by atoms with Gasteiger partial charge in [-0.3, -0.25) is 14.2 Å². The lowest BCUT2D eigenvalue weighted by Crippen LogP contribution is -2.28. The van der Waals surface area contributed by atoms with Gasteiger partial charge in [0, 0.05) is 12.6 Å². The first kappa shape index (κ1) is 28.1. The summed E-state index contributed by atoms with van der Waals surface area (Å²) in [5.74, 6) is 0.691. The van der Waals surface area contributed by atoms with Gasteiger partial charge in [0.15, 0.2) is 16.7 Å². The van der Waals surface area contributed by atoms with Crippen LogP contribution < -0.4 is 25.5 Å². The van der Waals surface area contributed by atoms with Crippen molar-refractivity contribution in [2.45, 2.75) is 23.0 Å². The molecule has 0 fully saturated rings. The molecule has 1 amide bonds. The molecule has 1 aromatic heterocycles. The largest absolute Gasteiger partial charge is 0.493 e. The first-order valence-corrected chi connectivity index (χ1v) is 14.4. The molecule has 12 heteroatoms. The lowest BCUT2D eigenvalue weighted by molar-refractivity contribution is -0.118. The minimum Gasteiger partial charge on any atom is -0.493 e. The number of primary sulfonamides is 1. The minimum absolute atomic E-state index is 0.0344. The van der Waals surface area contributed by atoms with Gasteiger partial charge in [-0.2, -0.15) is 0 Å². The van der Waals surface area contributed by atoms with Crippen LogP contribution in [-0.4, -0.2) is 50.4 Å². The average molecular weight is 569 g/mol. The zero-order chi connectivity index (χ0) is 28.0. The Labute approximate surface area is 230 Å². The third-order valence-corrected chi connectivity index (χ3v) is 7.83. The number of nitrogens with zero attached hydrogens (tertiary/aromatic N) is 2. The standard InChI is InChI=1S/C27H28N4O6S2/c1-36-23-14-21-22(15-24(23)37-2)30-27(31(26(21)33)16-19-6-4-3-5-7-19)38-17-25(32)29-13-12-18-8-10-20(11-9-18)39(28,34)35/h3-11,14-15H,12-13,16-17H2,1-2H3,(H,29,32)(H2,28,34,35). The molecule has 0 saturated carbocycles. The zero-order valence-corrected chi connectivity index (χ0v) is 23.1. The van der Waals surface area contributed by atoms with Gasteiger partial charge in [0.1, 0.15) is 0 Å². The highest BCUT2D eigenvalue weighted by Gasteiger charge is 2.17. The van der Waals surface area contributed by atoms with Gasteiger partial charge in [-0.05, 0) is 35.7 Å². The second-order valence-electron chi connectivity index (χ2n) is 8.57. The van der Waals surface area contributed by atoms with Crippen molar-refractivity contribution in [1.82, 2.24) is 14.9 Å². The van der Waals surface area contributed by atoms with Crippen molar-refractivity contribution >= 4 is 38.6 Å². The first-order valence-electron chi connectivity index (χ1n) is 11.9. The topological polar surface area (TPSA) is 143 Å². The van der Waals surface area contributed by atoms with Crippen LogP contribution in [0.25, 0.3) is 10.9 Å². The predicted molar refractivity (Wildman–Crippen MR) is 150 cm³/mol. The summed E-state index contributed by atoms with van der Waals surface area (Å²) in [6.07, 6.45) is 0.510. The van der Waals surface area contributed by atoms with Crippen molar-refractivity contribution < 1.29 is 22.7 Å². The highest BCUT2D eigenvalue weighted by Crippen LogP contribution is 2.31. The maximum atomic E-state index is 13.5. The summed E-state index contributed by atoms with van der Waals surface area (Å²) >= 11 is 1.16. The third-order valence-electron chi connectivity index (χ3n) is 5.93. The van der Waals surface area contributed by atoms with Crippen LogP contribution in [0.5, 0.6) is 11.5 Å². The van der Waals surface area contributed by atoms with Gasteiger partial charge < -0.3 is 14.8 Å². The highest BCUT2D eigenvalue weighted by atomic mass is 32.2. The fourth-order valence-corrected chi connectivity index (χ4v) is 5.26. The van der Waals surface area contributed by atoms with Crippen molar-refractivity contribution in [3.8, 4) is 11.5 Å². The minimum atomic E-state index is -3.75. The number of thioether (sulfide) groups is 1. The van der Waals surface area contributed by atoms with Crippen LogP contribution in [0.2, 0.25) is 0 Å². The van der Waals surface area contributed by atoms with Crippen LogP contribution in [0, 0.1) is 0 Å². The van der Waals surface area contributed by atoms with Crippen LogP contribution in [-0.2, 0) is 27.8 Å². The monoisotopic (exact) mass is 568 g/mol. The van der Waals surface area contributed by atoms with Crippen LogP contribution in [0.3, 0.4) is 0 Å². The molecule has 0 aliphatic heterocycles. The molecule has 0 radical (unpaired) electrons. The fraction of sp³-hybridized carbons (Fsp3) is 0.222.